The van der Waals surface area contributed by atoms with Crippen molar-refractivity contribution in [2.24, 2.45) is 0 Å². The molecule has 2 aromatic heterocycles. The lowest BCUT2D eigenvalue weighted by molar-refractivity contribution is 0.102. The number of hydrogen-bond acceptors (Lipinski definition) is 4. The van der Waals surface area contributed by atoms with Gasteiger partial charge in [0.2, 0.25) is 5.88 Å². The highest BCUT2D eigenvalue weighted by molar-refractivity contribution is 6.04. The fourth-order valence-corrected chi connectivity index (χ4v) is 1.98. The van der Waals surface area contributed by atoms with E-state index in [0.29, 0.717) is 17.1 Å². The number of benzene rings is 1. The molecule has 2 heterocycles. The van der Waals surface area contributed by atoms with E-state index in [4.69, 9.17) is 4.74 Å². The number of methoxy groups -OCH3 is 1. The summed E-state index contributed by atoms with van der Waals surface area (Å²) in [7, 11) is 1.53. The first kappa shape index (κ1) is 13.1. The number of carbonyl (C=O) groups is 1. The van der Waals surface area contributed by atoms with Crippen molar-refractivity contribution in [3.8, 4) is 5.88 Å². The van der Waals surface area contributed by atoms with Gasteiger partial charge in [0.1, 0.15) is 0 Å². The molecule has 0 fully saturated rings. The molecule has 1 amide bonds. The summed E-state index contributed by atoms with van der Waals surface area (Å²) in [5.74, 6) is 0.237. The second-order valence-corrected chi connectivity index (χ2v) is 4.46. The molecule has 0 bridgehead atoms. The number of hydrogen-bond donors (Lipinski definition) is 1. The van der Waals surface area contributed by atoms with Gasteiger partial charge in [0.05, 0.1) is 30.1 Å². The SMILES string of the molecule is COc1ccc(C(=O)Nc2cnc3ccccc3c2)cn1. The second kappa shape index (κ2) is 5.58. The summed E-state index contributed by atoms with van der Waals surface area (Å²) in [5.41, 5.74) is 2.00. The number of anilines is 1. The van der Waals surface area contributed by atoms with Gasteiger partial charge in [0.25, 0.3) is 5.91 Å². The molecular formula is C16H13N3O2. The van der Waals surface area contributed by atoms with E-state index in [9.17, 15) is 4.79 Å². The molecule has 0 radical (unpaired) electrons. The number of ether oxygens (including phenoxy) is 1. The van der Waals surface area contributed by atoms with Crippen molar-refractivity contribution >= 4 is 22.5 Å². The van der Waals surface area contributed by atoms with Crippen molar-refractivity contribution in [2.45, 2.75) is 0 Å². The van der Waals surface area contributed by atoms with Gasteiger partial charge >= 0.3 is 0 Å². The number of carbonyl (C=O) groups excluding carboxylic acids is 1. The van der Waals surface area contributed by atoms with Crippen molar-refractivity contribution in [1.29, 1.82) is 0 Å². The summed E-state index contributed by atoms with van der Waals surface area (Å²) in [6.45, 7) is 0. The summed E-state index contributed by atoms with van der Waals surface area (Å²) in [6, 6.07) is 12.9. The molecule has 5 nitrogen and oxygen atoms in total. The van der Waals surface area contributed by atoms with E-state index in [1.807, 2.05) is 30.3 Å². The lowest BCUT2D eigenvalue weighted by Gasteiger charge is -2.06. The Bertz CT molecular complexity index is 785. The molecule has 0 saturated carbocycles. The molecule has 0 unspecified atom stereocenters. The highest BCUT2D eigenvalue weighted by Crippen LogP contribution is 2.17. The zero-order valence-electron chi connectivity index (χ0n) is 11.4. The Hall–Kier alpha value is -2.95. The highest BCUT2D eigenvalue weighted by atomic mass is 16.5. The van der Waals surface area contributed by atoms with E-state index in [2.05, 4.69) is 15.3 Å². The molecule has 0 spiro atoms. The number of para-hydroxylation sites is 1. The quantitative estimate of drug-likeness (QED) is 0.800. The maximum atomic E-state index is 12.1. The van der Waals surface area contributed by atoms with E-state index >= 15 is 0 Å². The molecule has 0 atom stereocenters. The van der Waals surface area contributed by atoms with Crippen LogP contribution in [0.2, 0.25) is 0 Å². The topological polar surface area (TPSA) is 64.1 Å². The predicted octanol–water partition coefficient (Wildman–Crippen LogP) is 2.89. The summed E-state index contributed by atoms with van der Waals surface area (Å²) in [5, 5.41) is 3.78. The van der Waals surface area contributed by atoms with Crippen molar-refractivity contribution in [2.75, 3.05) is 12.4 Å². The Morgan fingerprint density at radius 3 is 2.71 bits per heavy atom. The summed E-state index contributed by atoms with van der Waals surface area (Å²) < 4.78 is 4.96. The molecule has 5 heteroatoms. The Morgan fingerprint density at radius 2 is 1.95 bits per heavy atom. The van der Waals surface area contributed by atoms with Crippen molar-refractivity contribution < 1.29 is 9.53 Å². The van der Waals surface area contributed by atoms with E-state index in [1.54, 1.807) is 18.3 Å². The number of nitrogens with zero attached hydrogens (tertiary/aromatic N) is 2. The standard InChI is InChI=1S/C16H13N3O2/c1-21-15-7-6-12(9-18-15)16(20)19-13-8-11-4-2-3-5-14(11)17-10-13/h2-10H,1H3,(H,19,20). The van der Waals surface area contributed by atoms with Crippen molar-refractivity contribution in [1.82, 2.24) is 9.97 Å². The average molecular weight is 279 g/mol. The number of fused-ring (bicyclic) bond motifs is 1. The third-order valence-electron chi connectivity index (χ3n) is 3.06. The predicted molar refractivity (Wildman–Crippen MR) is 80.5 cm³/mol. The van der Waals surface area contributed by atoms with E-state index < -0.39 is 0 Å². The molecule has 0 aliphatic rings. The minimum Gasteiger partial charge on any atom is -0.481 e. The monoisotopic (exact) mass is 279 g/mol. The third-order valence-corrected chi connectivity index (χ3v) is 3.06. The Morgan fingerprint density at radius 1 is 1.10 bits per heavy atom. The molecular weight excluding hydrogens is 266 g/mol. The fourth-order valence-electron chi connectivity index (χ4n) is 1.98. The molecule has 0 saturated heterocycles. The van der Waals surface area contributed by atoms with Gasteiger partial charge in [-0.3, -0.25) is 9.78 Å². The fraction of sp³-hybridized carbons (Fsp3) is 0.0625. The van der Waals surface area contributed by atoms with Crippen LogP contribution in [-0.2, 0) is 0 Å². The van der Waals surface area contributed by atoms with Crippen molar-refractivity contribution in [3.05, 3.63) is 60.4 Å². The molecule has 104 valence electrons. The zero-order valence-corrected chi connectivity index (χ0v) is 11.4. The van der Waals surface area contributed by atoms with Crippen LogP contribution in [0, 0.1) is 0 Å². The maximum Gasteiger partial charge on any atom is 0.257 e. The van der Waals surface area contributed by atoms with E-state index in [-0.39, 0.29) is 5.91 Å². The number of nitrogens with one attached hydrogen (secondary N) is 1. The molecule has 1 aromatic carbocycles. The summed E-state index contributed by atoms with van der Waals surface area (Å²) >= 11 is 0. The van der Waals surface area contributed by atoms with Gasteiger partial charge in [-0.25, -0.2) is 4.98 Å². The second-order valence-electron chi connectivity index (χ2n) is 4.46. The van der Waals surface area contributed by atoms with Crippen LogP contribution in [0.25, 0.3) is 10.9 Å². The van der Waals surface area contributed by atoms with Crippen LogP contribution in [0.15, 0.2) is 54.9 Å². The van der Waals surface area contributed by atoms with E-state index in [1.165, 1.54) is 13.3 Å². The van der Waals surface area contributed by atoms with Crippen LogP contribution < -0.4 is 10.1 Å². The van der Waals surface area contributed by atoms with Crippen LogP contribution in [0.4, 0.5) is 5.69 Å². The Labute approximate surface area is 121 Å². The van der Waals surface area contributed by atoms with Crippen LogP contribution in [0.1, 0.15) is 10.4 Å². The number of rotatable bonds is 3. The first-order valence-corrected chi connectivity index (χ1v) is 6.42. The molecule has 3 aromatic rings. The van der Waals surface area contributed by atoms with E-state index in [0.717, 1.165) is 10.9 Å². The highest BCUT2D eigenvalue weighted by Gasteiger charge is 2.07. The lowest BCUT2D eigenvalue weighted by Crippen LogP contribution is -2.12. The molecule has 21 heavy (non-hydrogen) atoms. The molecule has 0 aliphatic carbocycles. The lowest BCUT2D eigenvalue weighted by atomic mass is 10.2. The normalized spacial score (nSPS) is 10.3. The van der Waals surface area contributed by atoms with Crippen molar-refractivity contribution in [3.63, 3.8) is 0 Å². The maximum absolute atomic E-state index is 12.1. The van der Waals surface area contributed by atoms with Crippen LogP contribution >= 0.6 is 0 Å². The average Bonchev–Trinajstić information content (AvgIpc) is 2.55. The van der Waals surface area contributed by atoms with Gasteiger partial charge < -0.3 is 10.1 Å². The summed E-state index contributed by atoms with van der Waals surface area (Å²) in [4.78, 5) is 20.4. The van der Waals surface area contributed by atoms with Gasteiger partial charge in [-0.05, 0) is 18.2 Å². The number of amides is 1. The van der Waals surface area contributed by atoms with Gasteiger partial charge in [0, 0.05) is 17.6 Å². The first-order valence-electron chi connectivity index (χ1n) is 6.42. The molecule has 1 N–H and O–H groups in total. The van der Waals surface area contributed by atoms with Gasteiger partial charge in [-0.2, -0.15) is 0 Å². The molecule has 3 rings (SSSR count). The van der Waals surface area contributed by atoms with Crippen LogP contribution in [-0.4, -0.2) is 23.0 Å². The number of pyridine rings is 2. The largest absolute Gasteiger partial charge is 0.481 e. The Kier molecular flexibility index (Phi) is 3.47. The smallest absolute Gasteiger partial charge is 0.257 e. The van der Waals surface area contributed by atoms with Crippen LogP contribution in [0.5, 0.6) is 5.88 Å². The van der Waals surface area contributed by atoms with Gasteiger partial charge in [-0.1, -0.05) is 18.2 Å². The minimum atomic E-state index is -0.234. The minimum absolute atomic E-state index is 0.234. The Balaban J connectivity index is 1.81. The van der Waals surface area contributed by atoms with Gasteiger partial charge in [-0.15, -0.1) is 0 Å². The zero-order chi connectivity index (χ0) is 14.7. The first-order chi connectivity index (χ1) is 10.3. The number of aromatic nitrogens is 2. The summed E-state index contributed by atoms with van der Waals surface area (Å²) in [6.07, 6.45) is 3.11. The molecule has 0 aliphatic heterocycles. The van der Waals surface area contributed by atoms with Crippen LogP contribution in [0.3, 0.4) is 0 Å². The van der Waals surface area contributed by atoms with Gasteiger partial charge in [0.15, 0.2) is 0 Å². The third kappa shape index (κ3) is 2.81.